The van der Waals surface area contributed by atoms with E-state index in [0.29, 0.717) is 0 Å². The van der Waals surface area contributed by atoms with Crippen molar-refractivity contribution in [2.75, 3.05) is 0 Å². The summed E-state index contributed by atoms with van der Waals surface area (Å²) in [6.45, 7) is 2.29. The van der Waals surface area contributed by atoms with Crippen molar-refractivity contribution in [1.29, 1.82) is 0 Å². The molecule has 28 heavy (non-hydrogen) atoms. The molecule has 0 saturated heterocycles. The average molecular weight is 380 g/mol. The Labute approximate surface area is 173 Å². The van der Waals surface area contributed by atoms with E-state index in [0.717, 1.165) is 12.2 Å². The largest absolute Gasteiger partial charge is 0.485 e. The molecule has 0 aliphatic heterocycles. The third-order valence-corrected chi connectivity index (χ3v) is 5.44. The first-order chi connectivity index (χ1) is 13.9. The van der Waals surface area contributed by atoms with Crippen molar-refractivity contribution < 1.29 is 4.74 Å². The van der Waals surface area contributed by atoms with E-state index < -0.39 is 0 Å². The van der Waals surface area contributed by atoms with E-state index in [1.54, 1.807) is 0 Å². The Bertz CT molecular complexity index is 578. The lowest BCUT2D eigenvalue weighted by atomic mass is 10.0. The van der Waals surface area contributed by atoms with Gasteiger partial charge < -0.3 is 4.74 Å². The van der Waals surface area contributed by atoms with Gasteiger partial charge in [0.1, 0.15) is 11.9 Å². The first-order valence-corrected chi connectivity index (χ1v) is 11.6. The third-order valence-electron chi connectivity index (χ3n) is 5.44. The molecular formula is C27H39O. The first kappa shape index (κ1) is 22.5. The van der Waals surface area contributed by atoms with Gasteiger partial charge in [-0.25, -0.2) is 0 Å². The minimum absolute atomic E-state index is 0.128. The zero-order chi connectivity index (χ0) is 19.7. The monoisotopic (exact) mass is 379 g/mol. The maximum Gasteiger partial charge on any atom is 0.128 e. The third kappa shape index (κ3) is 9.97. The highest BCUT2D eigenvalue weighted by Crippen LogP contribution is 2.26. The summed E-state index contributed by atoms with van der Waals surface area (Å²) in [5.74, 6) is 0.843. The van der Waals surface area contributed by atoms with Gasteiger partial charge >= 0.3 is 0 Å². The van der Waals surface area contributed by atoms with E-state index >= 15 is 0 Å². The van der Waals surface area contributed by atoms with Crippen molar-refractivity contribution in [3.63, 3.8) is 0 Å². The van der Waals surface area contributed by atoms with Crippen molar-refractivity contribution in [3.8, 4) is 5.75 Å². The number of benzene rings is 2. The summed E-state index contributed by atoms with van der Waals surface area (Å²) in [6, 6.07) is 21.7. The maximum absolute atomic E-state index is 6.24. The molecule has 1 nitrogen and oxygen atoms in total. The van der Waals surface area contributed by atoms with Crippen LogP contribution in [0.1, 0.15) is 102 Å². The maximum atomic E-state index is 6.24. The molecule has 0 fully saturated rings. The van der Waals surface area contributed by atoms with Crippen LogP contribution in [0.3, 0.4) is 0 Å². The van der Waals surface area contributed by atoms with E-state index in [2.05, 4.69) is 43.3 Å². The average Bonchev–Trinajstić information content (AvgIpc) is 2.75. The van der Waals surface area contributed by atoms with Crippen molar-refractivity contribution >= 4 is 0 Å². The Hall–Kier alpha value is -1.76. The highest BCUT2D eigenvalue weighted by molar-refractivity contribution is 5.23. The van der Waals surface area contributed by atoms with Gasteiger partial charge in [-0.05, 0) is 24.5 Å². The second kappa shape index (κ2) is 15.2. The normalized spacial score (nSPS) is 12.0. The molecule has 0 aromatic heterocycles. The van der Waals surface area contributed by atoms with Crippen LogP contribution in [0.4, 0.5) is 0 Å². The second-order valence-corrected chi connectivity index (χ2v) is 7.92. The molecular weight excluding hydrogens is 340 g/mol. The molecule has 0 amide bonds. The number of hydrogen-bond donors (Lipinski definition) is 0. The summed E-state index contributed by atoms with van der Waals surface area (Å²) < 4.78 is 6.24. The summed E-state index contributed by atoms with van der Waals surface area (Å²) in [7, 11) is 0. The van der Waals surface area contributed by atoms with Crippen LogP contribution in [-0.4, -0.2) is 0 Å². The van der Waals surface area contributed by atoms with Crippen LogP contribution < -0.4 is 4.74 Å². The first-order valence-electron chi connectivity index (χ1n) is 11.6. The predicted molar refractivity (Wildman–Crippen MR) is 121 cm³/mol. The molecule has 0 spiro atoms. The van der Waals surface area contributed by atoms with Gasteiger partial charge in [-0.1, -0.05) is 126 Å². The van der Waals surface area contributed by atoms with Crippen LogP contribution in [0.5, 0.6) is 5.75 Å². The van der Waals surface area contributed by atoms with E-state index in [1.165, 1.54) is 82.6 Å². The molecule has 1 atom stereocenters. The molecule has 1 heteroatoms. The van der Waals surface area contributed by atoms with Crippen molar-refractivity contribution in [3.05, 3.63) is 66.2 Å². The number of rotatable bonds is 16. The molecule has 2 aromatic carbocycles. The predicted octanol–water partition coefficient (Wildman–Crippen LogP) is 8.70. The number of hydrogen-bond acceptors (Lipinski definition) is 1. The molecule has 0 N–H and O–H groups in total. The van der Waals surface area contributed by atoms with Crippen LogP contribution >= 0.6 is 0 Å². The summed E-state index contributed by atoms with van der Waals surface area (Å²) in [6.07, 6.45) is 17.8. The van der Waals surface area contributed by atoms with Crippen LogP contribution in [0.15, 0.2) is 54.6 Å². The summed E-state index contributed by atoms with van der Waals surface area (Å²) >= 11 is 0. The summed E-state index contributed by atoms with van der Waals surface area (Å²) in [4.78, 5) is 0. The molecule has 2 aromatic rings. The lowest BCUT2D eigenvalue weighted by Gasteiger charge is -2.19. The highest BCUT2D eigenvalue weighted by atomic mass is 16.5. The zero-order valence-electron chi connectivity index (χ0n) is 17.9. The second-order valence-electron chi connectivity index (χ2n) is 7.92. The minimum atomic E-state index is 0.128. The molecule has 1 unspecified atom stereocenters. The fraction of sp³-hybridized carbons (Fsp3) is 0.556. The standard InChI is InChI=1S/C27H39O/c1-2-3-4-5-6-7-8-9-10-11-12-19-24-27(25-20-15-13-16-21-25)28-26-22-17-14-18-23-26/h13-18,20-22,27H,2-12,19,24H2,1H3. The van der Waals surface area contributed by atoms with Gasteiger partial charge in [-0.2, -0.15) is 0 Å². The number of para-hydroxylation sites is 1. The lowest BCUT2D eigenvalue weighted by molar-refractivity contribution is 0.190. The van der Waals surface area contributed by atoms with Crippen molar-refractivity contribution in [2.24, 2.45) is 0 Å². The molecule has 0 heterocycles. The zero-order valence-corrected chi connectivity index (χ0v) is 17.9. The van der Waals surface area contributed by atoms with Gasteiger partial charge in [0, 0.05) is 6.07 Å². The Balaban J connectivity index is 1.59. The molecule has 2 rings (SSSR count). The van der Waals surface area contributed by atoms with Gasteiger partial charge in [-0.15, -0.1) is 0 Å². The Morgan fingerprint density at radius 1 is 0.679 bits per heavy atom. The van der Waals surface area contributed by atoms with Gasteiger partial charge in [-0.3, -0.25) is 0 Å². The van der Waals surface area contributed by atoms with E-state index in [9.17, 15) is 0 Å². The Morgan fingerprint density at radius 2 is 1.25 bits per heavy atom. The van der Waals surface area contributed by atoms with Crippen LogP contribution in [0.25, 0.3) is 0 Å². The van der Waals surface area contributed by atoms with E-state index in [4.69, 9.17) is 4.74 Å². The summed E-state index contributed by atoms with van der Waals surface area (Å²) in [5, 5.41) is 0. The molecule has 0 bridgehead atoms. The Kier molecular flexibility index (Phi) is 12.2. The number of ether oxygens (including phenoxy) is 1. The fourth-order valence-corrected chi connectivity index (χ4v) is 3.74. The SMILES string of the molecule is CCCCCCCCCCCCCCC(Oc1[c]cccc1)c1ccccc1. The van der Waals surface area contributed by atoms with Crippen molar-refractivity contribution in [1.82, 2.24) is 0 Å². The molecule has 0 saturated carbocycles. The molecule has 153 valence electrons. The molecule has 0 aliphatic carbocycles. The smallest absolute Gasteiger partial charge is 0.128 e. The summed E-state index contributed by atoms with van der Waals surface area (Å²) in [5.41, 5.74) is 1.27. The van der Waals surface area contributed by atoms with E-state index in [1.807, 2.05) is 24.3 Å². The minimum Gasteiger partial charge on any atom is -0.485 e. The lowest BCUT2D eigenvalue weighted by Crippen LogP contribution is -2.07. The van der Waals surface area contributed by atoms with Crippen molar-refractivity contribution in [2.45, 2.75) is 96.5 Å². The fourth-order valence-electron chi connectivity index (χ4n) is 3.74. The van der Waals surface area contributed by atoms with Crippen LogP contribution in [-0.2, 0) is 0 Å². The van der Waals surface area contributed by atoms with Crippen LogP contribution in [0.2, 0.25) is 0 Å². The quantitative estimate of drug-likeness (QED) is 0.265. The van der Waals surface area contributed by atoms with Gasteiger partial charge in [0.15, 0.2) is 0 Å². The topological polar surface area (TPSA) is 9.23 Å². The van der Waals surface area contributed by atoms with Gasteiger partial charge in [0.25, 0.3) is 0 Å². The Morgan fingerprint density at radius 3 is 1.82 bits per heavy atom. The van der Waals surface area contributed by atoms with Gasteiger partial charge in [0.2, 0.25) is 0 Å². The van der Waals surface area contributed by atoms with Gasteiger partial charge in [0.05, 0.1) is 0 Å². The number of unbranched alkanes of at least 4 members (excludes halogenated alkanes) is 11. The molecule has 0 aliphatic rings. The highest BCUT2D eigenvalue weighted by Gasteiger charge is 2.13. The van der Waals surface area contributed by atoms with Crippen LogP contribution in [0, 0.1) is 6.07 Å². The molecule has 1 radical (unpaired) electrons. The van der Waals surface area contributed by atoms with E-state index in [-0.39, 0.29) is 6.10 Å².